The molecule has 2 heterocycles. The number of para-hydroxylation sites is 1. The van der Waals surface area contributed by atoms with Crippen molar-refractivity contribution in [1.82, 2.24) is 4.98 Å². The smallest absolute Gasteiger partial charge is 0.276 e. The summed E-state index contributed by atoms with van der Waals surface area (Å²) >= 11 is 0. The van der Waals surface area contributed by atoms with E-state index in [0.29, 0.717) is 18.7 Å². The first kappa shape index (κ1) is 18.4. The quantitative estimate of drug-likeness (QED) is 0.805. The van der Waals surface area contributed by atoms with Gasteiger partial charge in [-0.05, 0) is 37.6 Å². The van der Waals surface area contributed by atoms with Gasteiger partial charge >= 0.3 is 0 Å². The molecule has 1 unspecified atom stereocenters. The number of aromatic nitrogens is 1. The number of nitrogens with zero attached hydrogens (tertiary/aromatic N) is 3. The van der Waals surface area contributed by atoms with Gasteiger partial charge in [-0.25, -0.2) is 8.42 Å². The molecule has 1 fully saturated rings. The number of pyridine rings is 1. The Kier molecular flexibility index (Phi) is 5.27. The molecule has 2 aromatic rings. The summed E-state index contributed by atoms with van der Waals surface area (Å²) in [5.74, 6) is 0.199. The van der Waals surface area contributed by atoms with Gasteiger partial charge in [0.15, 0.2) is 9.84 Å². The molecule has 0 saturated carbocycles. The van der Waals surface area contributed by atoms with Crippen LogP contribution in [0.5, 0.6) is 0 Å². The van der Waals surface area contributed by atoms with Gasteiger partial charge in [-0.3, -0.25) is 9.78 Å². The summed E-state index contributed by atoms with van der Waals surface area (Å²) < 4.78 is 23.5. The average Bonchev–Trinajstić information content (AvgIpc) is 3.02. The summed E-state index contributed by atoms with van der Waals surface area (Å²) in [5, 5.41) is 0. The number of anilines is 2. The van der Waals surface area contributed by atoms with Crippen LogP contribution in [0.4, 0.5) is 11.4 Å². The molecule has 0 spiro atoms. The van der Waals surface area contributed by atoms with Gasteiger partial charge in [0.05, 0.1) is 11.5 Å². The maximum Gasteiger partial charge on any atom is 0.276 e. The molecule has 1 aromatic carbocycles. The molecule has 1 amide bonds. The van der Waals surface area contributed by atoms with Gasteiger partial charge in [0.1, 0.15) is 5.69 Å². The largest absolute Gasteiger partial charge is 0.370 e. The number of rotatable bonds is 5. The lowest BCUT2D eigenvalue weighted by Gasteiger charge is -2.26. The van der Waals surface area contributed by atoms with Crippen LogP contribution in [-0.2, 0) is 9.84 Å². The van der Waals surface area contributed by atoms with Crippen LogP contribution in [0.25, 0.3) is 0 Å². The van der Waals surface area contributed by atoms with Crippen molar-refractivity contribution in [2.24, 2.45) is 0 Å². The third-order valence-electron chi connectivity index (χ3n) is 4.76. The minimum Gasteiger partial charge on any atom is -0.370 e. The molecule has 0 N–H and O–H groups in total. The third kappa shape index (κ3) is 3.88. The number of benzene rings is 1. The van der Waals surface area contributed by atoms with Gasteiger partial charge in [0.2, 0.25) is 0 Å². The maximum absolute atomic E-state index is 12.9. The van der Waals surface area contributed by atoms with Crippen molar-refractivity contribution in [3.8, 4) is 0 Å². The summed E-state index contributed by atoms with van der Waals surface area (Å²) in [6, 6.07) is 12.9. The first-order valence-corrected chi connectivity index (χ1v) is 10.5. The monoisotopic (exact) mass is 373 g/mol. The highest BCUT2D eigenvalue weighted by atomic mass is 32.2. The standard InChI is InChI=1S/C19H23N3O3S/c1-3-22(15-7-5-4-6-8-15)19(23)18-13-16(9-11-20-18)21(2)17-10-12-26(24,25)14-17/h4-9,11,13,17H,3,10,12,14H2,1-2H3. The van der Waals surface area contributed by atoms with Crippen molar-refractivity contribution in [2.45, 2.75) is 19.4 Å². The normalized spacial score (nSPS) is 18.5. The van der Waals surface area contributed by atoms with Crippen LogP contribution in [0.3, 0.4) is 0 Å². The number of sulfone groups is 1. The van der Waals surface area contributed by atoms with Gasteiger partial charge in [-0.1, -0.05) is 18.2 Å². The molecular formula is C19H23N3O3S. The van der Waals surface area contributed by atoms with Crippen molar-refractivity contribution >= 4 is 27.1 Å². The number of amides is 1. The lowest BCUT2D eigenvalue weighted by Crippen LogP contribution is -2.34. The van der Waals surface area contributed by atoms with Crippen molar-refractivity contribution in [2.75, 3.05) is 34.9 Å². The van der Waals surface area contributed by atoms with Crippen LogP contribution in [0.2, 0.25) is 0 Å². The molecule has 1 saturated heterocycles. The summed E-state index contributed by atoms with van der Waals surface area (Å²) in [5.41, 5.74) is 1.97. The first-order chi connectivity index (χ1) is 12.4. The lowest BCUT2D eigenvalue weighted by molar-refractivity contribution is 0.0983. The van der Waals surface area contributed by atoms with Crippen LogP contribution in [0, 0.1) is 0 Å². The van der Waals surface area contributed by atoms with Crippen molar-refractivity contribution in [3.05, 3.63) is 54.4 Å². The fourth-order valence-electron chi connectivity index (χ4n) is 3.24. The Morgan fingerprint density at radius 3 is 2.54 bits per heavy atom. The fraction of sp³-hybridized carbons (Fsp3) is 0.368. The van der Waals surface area contributed by atoms with Crippen LogP contribution < -0.4 is 9.80 Å². The minimum absolute atomic E-state index is 0.0678. The van der Waals surface area contributed by atoms with E-state index in [1.165, 1.54) is 0 Å². The topological polar surface area (TPSA) is 70.6 Å². The highest BCUT2D eigenvalue weighted by molar-refractivity contribution is 7.91. The van der Waals surface area contributed by atoms with Crippen LogP contribution in [0.15, 0.2) is 48.7 Å². The summed E-state index contributed by atoms with van der Waals surface area (Å²) in [6.07, 6.45) is 2.21. The SMILES string of the molecule is CCN(C(=O)c1cc(N(C)C2CCS(=O)(=O)C2)ccn1)c1ccccc1. The maximum atomic E-state index is 12.9. The summed E-state index contributed by atoms with van der Waals surface area (Å²) in [7, 11) is -1.10. The molecule has 0 aliphatic carbocycles. The summed E-state index contributed by atoms with van der Waals surface area (Å²) in [4.78, 5) is 20.8. The molecule has 1 aromatic heterocycles. The fourth-order valence-corrected chi connectivity index (χ4v) is 5.01. The van der Waals surface area contributed by atoms with E-state index in [1.807, 2.05) is 49.2 Å². The van der Waals surface area contributed by atoms with E-state index in [0.717, 1.165) is 11.4 Å². The molecule has 1 aliphatic rings. The zero-order chi connectivity index (χ0) is 18.7. The predicted molar refractivity (Wildman–Crippen MR) is 103 cm³/mol. The van der Waals surface area contributed by atoms with Crippen molar-refractivity contribution in [3.63, 3.8) is 0 Å². The second-order valence-corrected chi connectivity index (χ2v) is 8.68. The van der Waals surface area contributed by atoms with Crippen molar-refractivity contribution in [1.29, 1.82) is 0 Å². The molecule has 138 valence electrons. The average molecular weight is 373 g/mol. The highest BCUT2D eigenvalue weighted by Gasteiger charge is 2.31. The Bertz CT molecular complexity index is 884. The Hall–Kier alpha value is -2.41. The van der Waals surface area contributed by atoms with E-state index in [-0.39, 0.29) is 23.5 Å². The van der Waals surface area contributed by atoms with E-state index in [9.17, 15) is 13.2 Å². The Morgan fingerprint density at radius 2 is 1.92 bits per heavy atom. The van der Waals surface area contributed by atoms with Crippen LogP contribution in [0.1, 0.15) is 23.8 Å². The van der Waals surface area contributed by atoms with Gasteiger partial charge in [0, 0.05) is 37.2 Å². The number of hydrogen-bond acceptors (Lipinski definition) is 5. The molecule has 6 nitrogen and oxygen atoms in total. The molecule has 1 atom stereocenters. The van der Waals surface area contributed by atoms with Crippen LogP contribution >= 0.6 is 0 Å². The molecular weight excluding hydrogens is 350 g/mol. The molecule has 26 heavy (non-hydrogen) atoms. The van der Waals surface area contributed by atoms with E-state index in [2.05, 4.69) is 4.98 Å². The zero-order valence-corrected chi connectivity index (χ0v) is 15.8. The van der Waals surface area contributed by atoms with E-state index < -0.39 is 9.84 Å². The molecule has 7 heteroatoms. The minimum atomic E-state index is -2.96. The Balaban J connectivity index is 1.83. The molecule has 0 radical (unpaired) electrons. The Labute approximate surface area is 154 Å². The third-order valence-corrected chi connectivity index (χ3v) is 6.51. The Morgan fingerprint density at radius 1 is 1.19 bits per heavy atom. The van der Waals surface area contributed by atoms with Gasteiger partial charge < -0.3 is 9.80 Å². The second-order valence-electron chi connectivity index (χ2n) is 6.45. The van der Waals surface area contributed by atoms with E-state index in [4.69, 9.17) is 0 Å². The van der Waals surface area contributed by atoms with Gasteiger partial charge in [-0.2, -0.15) is 0 Å². The number of carbonyl (C=O) groups is 1. The van der Waals surface area contributed by atoms with E-state index >= 15 is 0 Å². The molecule has 1 aliphatic heterocycles. The first-order valence-electron chi connectivity index (χ1n) is 8.67. The molecule has 3 rings (SSSR count). The zero-order valence-electron chi connectivity index (χ0n) is 15.0. The van der Waals surface area contributed by atoms with Crippen molar-refractivity contribution < 1.29 is 13.2 Å². The highest BCUT2D eigenvalue weighted by Crippen LogP contribution is 2.24. The van der Waals surface area contributed by atoms with Crippen LogP contribution in [-0.4, -0.2) is 50.4 Å². The number of hydrogen-bond donors (Lipinski definition) is 0. The number of carbonyl (C=O) groups excluding carboxylic acids is 1. The summed E-state index contributed by atoms with van der Waals surface area (Å²) in [6.45, 7) is 2.45. The van der Waals surface area contributed by atoms with E-state index in [1.54, 1.807) is 23.2 Å². The van der Waals surface area contributed by atoms with Gasteiger partial charge in [-0.15, -0.1) is 0 Å². The predicted octanol–water partition coefficient (Wildman–Crippen LogP) is 2.37. The van der Waals surface area contributed by atoms with Gasteiger partial charge in [0.25, 0.3) is 5.91 Å². The lowest BCUT2D eigenvalue weighted by atomic mass is 10.2. The molecule has 0 bridgehead atoms. The second kappa shape index (κ2) is 7.45.